The van der Waals surface area contributed by atoms with Gasteiger partial charge in [-0.3, -0.25) is 0 Å². The van der Waals surface area contributed by atoms with E-state index in [0.29, 0.717) is 11.5 Å². The summed E-state index contributed by atoms with van der Waals surface area (Å²) in [6, 6.07) is 22.5. The van der Waals surface area contributed by atoms with Crippen LogP contribution in [0.25, 0.3) is 0 Å². The molecule has 1 atom stereocenters. The summed E-state index contributed by atoms with van der Waals surface area (Å²) in [6.45, 7) is 0.809. The van der Waals surface area contributed by atoms with Crippen molar-refractivity contribution in [1.82, 2.24) is 0 Å². The van der Waals surface area contributed by atoms with Crippen LogP contribution in [0.15, 0.2) is 65.7 Å². The van der Waals surface area contributed by atoms with E-state index < -0.39 is 0 Å². The van der Waals surface area contributed by atoms with E-state index in [-0.39, 0.29) is 7.92 Å². The zero-order valence-electron chi connectivity index (χ0n) is 17.7. The maximum absolute atomic E-state index is 6.35. The summed E-state index contributed by atoms with van der Waals surface area (Å²) < 4.78 is 6.35. The Bertz CT molecular complexity index is 834. The average molecular weight is 418 g/mol. The van der Waals surface area contributed by atoms with Gasteiger partial charge in [0.05, 0.1) is 6.04 Å². The third-order valence-electron chi connectivity index (χ3n) is 8.03. The van der Waals surface area contributed by atoms with Gasteiger partial charge in [0.25, 0.3) is 0 Å². The van der Waals surface area contributed by atoms with Crippen molar-refractivity contribution in [2.75, 3.05) is 12.8 Å². The highest BCUT2D eigenvalue weighted by Gasteiger charge is 2.55. The SMILES string of the molecule is c1ccc(P(CC[C@H]2COC(C34CC5CC(CC(C5)C3)C4)=N2)c2ccccc2)cc1. The zero-order valence-corrected chi connectivity index (χ0v) is 18.6. The maximum Gasteiger partial charge on any atom is 0.190 e. The van der Waals surface area contributed by atoms with Gasteiger partial charge in [-0.05, 0) is 87.4 Å². The fraction of sp³-hybridized carbons (Fsp3) is 0.519. The van der Waals surface area contributed by atoms with Crippen molar-refractivity contribution in [3.8, 4) is 0 Å². The Morgan fingerprint density at radius 3 is 1.87 bits per heavy atom. The molecule has 0 unspecified atom stereocenters. The Kier molecular flexibility index (Phi) is 4.95. The number of hydrogen-bond acceptors (Lipinski definition) is 2. The molecule has 1 aliphatic heterocycles. The van der Waals surface area contributed by atoms with Crippen molar-refractivity contribution in [3.63, 3.8) is 0 Å². The molecule has 156 valence electrons. The highest BCUT2D eigenvalue weighted by Crippen LogP contribution is 2.61. The van der Waals surface area contributed by atoms with E-state index in [1.807, 2.05) is 0 Å². The van der Waals surface area contributed by atoms with E-state index in [1.54, 1.807) is 0 Å². The van der Waals surface area contributed by atoms with Gasteiger partial charge in [0.15, 0.2) is 5.90 Å². The van der Waals surface area contributed by atoms with Gasteiger partial charge in [0.1, 0.15) is 6.61 Å². The molecule has 5 aliphatic rings. The first-order chi connectivity index (χ1) is 14.8. The minimum atomic E-state index is -0.333. The van der Waals surface area contributed by atoms with Crippen molar-refractivity contribution in [3.05, 3.63) is 60.7 Å². The van der Waals surface area contributed by atoms with Crippen LogP contribution in [0.3, 0.4) is 0 Å². The second kappa shape index (κ2) is 7.79. The largest absolute Gasteiger partial charge is 0.478 e. The highest BCUT2D eigenvalue weighted by atomic mass is 31.1. The molecule has 0 spiro atoms. The molecule has 2 nitrogen and oxygen atoms in total. The zero-order chi connectivity index (χ0) is 20.0. The molecular formula is C27H32NOP. The summed E-state index contributed by atoms with van der Waals surface area (Å²) in [5.74, 6) is 4.01. The van der Waals surface area contributed by atoms with Crippen molar-refractivity contribution in [1.29, 1.82) is 0 Å². The molecule has 0 radical (unpaired) electrons. The minimum Gasteiger partial charge on any atom is -0.478 e. The monoisotopic (exact) mass is 417 g/mol. The predicted octanol–water partition coefficient (Wildman–Crippen LogP) is 5.52. The lowest BCUT2D eigenvalue weighted by atomic mass is 9.49. The molecule has 4 saturated carbocycles. The Morgan fingerprint density at radius 1 is 0.800 bits per heavy atom. The van der Waals surface area contributed by atoms with Crippen LogP contribution in [0, 0.1) is 23.2 Å². The van der Waals surface area contributed by atoms with Crippen molar-refractivity contribution in [2.24, 2.45) is 28.2 Å². The number of ether oxygens (including phenoxy) is 1. The lowest BCUT2D eigenvalue weighted by Crippen LogP contribution is -2.50. The number of benzene rings is 2. The molecule has 2 aromatic carbocycles. The Hall–Kier alpha value is -1.66. The molecule has 30 heavy (non-hydrogen) atoms. The van der Waals surface area contributed by atoms with Gasteiger partial charge in [0, 0.05) is 5.41 Å². The molecule has 0 amide bonds. The van der Waals surface area contributed by atoms with Crippen LogP contribution in [-0.2, 0) is 4.74 Å². The molecule has 0 aromatic heterocycles. The van der Waals surface area contributed by atoms with Crippen LogP contribution in [0.4, 0.5) is 0 Å². The third-order valence-corrected chi connectivity index (χ3v) is 10.6. The van der Waals surface area contributed by atoms with Crippen molar-refractivity contribution >= 4 is 24.4 Å². The summed E-state index contributed by atoms with van der Waals surface area (Å²) in [7, 11) is -0.333. The predicted molar refractivity (Wildman–Crippen MR) is 126 cm³/mol. The van der Waals surface area contributed by atoms with Crippen LogP contribution >= 0.6 is 7.92 Å². The van der Waals surface area contributed by atoms with Gasteiger partial charge in [-0.1, -0.05) is 60.7 Å². The second-order valence-electron chi connectivity index (χ2n) is 10.2. The lowest BCUT2D eigenvalue weighted by molar-refractivity contribution is -0.0226. The van der Waals surface area contributed by atoms with Crippen molar-refractivity contribution < 1.29 is 4.74 Å². The molecule has 4 bridgehead atoms. The summed E-state index contributed by atoms with van der Waals surface area (Å²) in [4.78, 5) is 5.24. The van der Waals surface area contributed by atoms with Gasteiger partial charge in [-0.25, -0.2) is 4.99 Å². The third kappa shape index (κ3) is 3.52. The fourth-order valence-corrected chi connectivity index (χ4v) is 9.56. The Balaban J connectivity index is 1.18. The summed E-state index contributed by atoms with van der Waals surface area (Å²) in [5.41, 5.74) is 0.313. The van der Waals surface area contributed by atoms with Crippen LogP contribution in [0.1, 0.15) is 44.9 Å². The molecule has 7 rings (SSSR count). The van der Waals surface area contributed by atoms with E-state index in [4.69, 9.17) is 9.73 Å². The number of nitrogens with zero attached hydrogens (tertiary/aromatic N) is 1. The molecule has 0 N–H and O–H groups in total. The van der Waals surface area contributed by atoms with Gasteiger partial charge in [0.2, 0.25) is 0 Å². The highest BCUT2D eigenvalue weighted by molar-refractivity contribution is 7.73. The van der Waals surface area contributed by atoms with Crippen LogP contribution < -0.4 is 10.6 Å². The quantitative estimate of drug-likeness (QED) is 0.567. The van der Waals surface area contributed by atoms with E-state index in [0.717, 1.165) is 36.7 Å². The van der Waals surface area contributed by atoms with E-state index in [1.165, 1.54) is 55.3 Å². The van der Waals surface area contributed by atoms with E-state index >= 15 is 0 Å². The van der Waals surface area contributed by atoms with Crippen LogP contribution in [-0.4, -0.2) is 24.7 Å². The van der Waals surface area contributed by atoms with Gasteiger partial charge < -0.3 is 4.74 Å². The minimum absolute atomic E-state index is 0.313. The standard InChI is InChI=1S/C27H32NOP/c1-3-7-24(8-4-1)30(25-9-5-2-6-10-25)12-11-23-19-29-26(28-23)27-16-20-13-21(17-27)15-22(14-20)18-27/h1-10,20-23H,11-19H2/t20?,21?,22?,23-,27?/m0/s1. The van der Waals surface area contributed by atoms with Gasteiger partial charge in [-0.2, -0.15) is 0 Å². The topological polar surface area (TPSA) is 21.6 Å². The maximum atomic E-state index is 6.35. The summed E-state index contributed by atoms with van der Waals surface area (Å²) in [6.07, 6.45) is 10.8. The first-order valence-electron chi connectivity index (χ1n) is 11.9. The molecule has 4 aliphatic carbocycles. The number of aliphatic imine (C=N–C) groups is 1. The molecule has 1 heterocycles. The number of hydrogen-bond donors (Lipinski definition) is 0. The van der Waals surface area contributed by atoms with Crippen molar-refractivity contribution in [2.45, 2.75) is 51.0 Å². The van der Waals surface area contributed by atoms with Crippen LogP contribution in [0.5, 0.6) is 0 Å². The first-order valence-corrected chi connectivity index (χ1v) is 13.4. The Morgan fingerprint density at radius 2 is 1.33 bits per heavy atom. The molecule has 2 aromatic rings. The number of rotatable bonds is 6. The first kappa shape index (κ1) is 19.1. The average Bonchev–Trinajstić information content (AvgIpc) is 3.25. The molecule has 4 fully saturated rings. The van der Waals surface area contributed by atoms with E-state index in [9.17, 15) is 0 Å². The van der Waals surface area contributed by atoms with E-state index in [2.05, 4.69) is 60.7 Å². The molecule has 0 saturated heterocycles. The Labute approximate surface area is 181 Å². The fourth-order valence-electron chi connectivity index (χ4n) is 7.13. The van der Waals surface area contributed by atoms with Gasteiger partial charge in [-0.15, -0.1) is 0 Å². The van der Waals surface area contributed by atoms with Gasteiger partial charge >= 0.3 is 0 Å². The smallest absolute Gasteiger partial charge is 0.190 e. The lowest BCUT2D eigenvalue weighted by Gasteiger charge is -2.56. The summed E-state index contributed by atoms with van der Waals surface area (Å²) in [5, 5.41) is 2.95. The molecular weight excluding hydrogens is 385 g/mol. The molecule has 3 heteroatoms. The second-order valence-corrected chi connectivity index (χ2v) is 12.5. The summed E-state index contributed by atoms with van der Waals surface area (Å²) >= 11 is 0. The van der Waals surface area contributed by atoms with Crippen LogP contribution in [0.2, 0.25) is 0 Å². The normalized spacial score (nSPS) is 34.2.